The maximum atomic E-state index is 12.1. The largest absolute Gasteiger partial charge is 0.465 e. The summed E-state index contributed by atoms with van der Waals surface area (Å²) >= 11 is 0. The number of nitrogens with zero attached hydrogens (tertiary/aromatic N) is 1. The van der Waals surface area contributed by atoms with Gasteiger partial charge in [0.05, 0.1) is 19.1 Å². The molecule has 0 aliphatic heterocycles. The summed E-state index contributed by atoms with van der Waals surface area (Å²) in [6.45, 7) is 0.00822. The number of anilines is 1. The Morgan fingerprint density at radius 3 is 2.70 bits per heavy atom. The standard InChI is InChI=1S/C13H16F3N3O4/c1-23-7-9(18-11(20)2-4-13(14,15)16)8-3-5-17-10(6-8)19-12(21)22/h3,5-6,9H,2,4,7H2,1H3,(H,17,19)(H,18,20)(H,21,22)/t9-/m1/s1. The van der Waals surface area contributed by atoms with E-state index in [0.717, 1.165) is 0 Å². The van der Waals surface area contributed by atoms with Crippen molar-refractivity contribution < 1.29 is 32.6 Å². The highest BCUT2D eigenvalue weighted by Crippen LogP contribution is 2.22. The molecular formula is C13H16F3N3O4. The third kappa shape index (κ3) is 7.45. The van der Waals surface area contributed by atoms with Crippen LogP contribution in [0.3, 0.4) is 0 Å². The molecule has 0 aliphatic rings. The van der Waals surface area contributed by atoms with Gasteiger partial charge in [-0.05, 0) is 17.7 Å². The molecule has 0 radical (unpaired) electrons. The number of carbonyl (C=O) groups is 2. The zero-order valence-corrected chi connectivity index (χ0v) is 12.2. The quantitative estimate of drug-likeness (QED) is 0.710. The van der Waals surface area contributed by atoms with E-state index in [0.29, 0.717) is 5.56 Å². The van der Waals surface area contributed by atoms with Gasteiger partial charge in [-0.3, -0.25) is 10.1 Å². The summed E-state index contributed by atoms with van der Waals surface area (Å²) in [5, 5.41) is 13.1. The van der Waals surface area contributed by atoms with Gasteiger partial charge in [0.1, 0.15) is 5.82 Å². The Labute approximate surface area is 129 Å². The van der Waals surface area contributed by atoms with Gasteiger partial charge in [-0.2, -0.15) is 13.2 Å². The van der Waals surface area contributed by atoms with Crippen molar-refractivity contribution in [3.63, 3.8) is 0 Å². The van der Waals surface area contributed by atoms with E-state index in [2.05, 4.69) is 10.3 Å². The molecule has 1 rings (SSSR count). The highest BCUT2D eigenvalue weighted by Gasteiger charge is 2.28. The van der Waals surface area contributed by atoms with E-state index in [9.17, 15) is 22.8 Å². The fourth-order valence-electron chi connectivity index (χ4n) is 1.75. The van der Waals surface area contributed by atoms with Gasteiger partial charge < -0.3 is 15.2 Å². The SMILES string of the molecule is COC[C@@H](NC(=O)CCC(F)(F)F)c1ccnc(NC(=O)O)c1. The molecule has 0 bridgehead atoms. The fraction of sp³-hybridized carbons (Fsp3) is 0.462. The van der Waals surface area contributed by atoms with Crippen LogP contribution in [-0.4, -0.2) is 42.0 Å². The lowest BCUT2D eigenvalue weighted by molar-refractivity contribution is -0.144. The normalized spacial score (nSPS) is 12.5. The van der Waals surface area contributed by atoms with Gasteiger partial charge in [0.15, 0.2) is 0 Å². The maximum absolute atomic E-state index is 12.1. The van der Waals surface area contributed by atoms with Crippen LogP contribution in [0.5, 0.6) is 0 Å². The van der Waals surface area contributed by atoms with E-state index in [1.807, 2.05) is 5.32 Å². The number of methoxy groups -OCH3 is 1. The van der Waals surface area contributed by atoms with Crippen molar-refractivity contribution in [3.8, 4) is 0 Å². The summed E-state index contributed by atoms with van der Waals surface area (Å²) in [5.41, 5.74) is 0.450. The molecule has 23 heavy (non-hydrogen) atoms. The molecule has 0 spiro atoms. The Balaban J connectivity index is 2.77. The van der Waals surface area contributed by atoms with E-state index < -0.39 is 37.1 Å². The van der Waals surface area contributed by atoms with Crippen LogP contribution >= 0.6 is 0 Å². The molecule has 0 aliphatic carbocycles. The number of ether oxygens (including phenoxy) is 1. The monoisotopic (exact) mass is 335 g/mol. The predicted octanol–water partition coefficient (Wildman–Crippen LogP) is 2.32. The lowest BCUT2D eigenvalue weighted by Crippen LogP contribution is -2.32. The molecule has 3 N–H and O–H groups in total. The van der Waals surface area contributed by atoms with Crippen molar-refractivity contribution in [3.05, 3.63) is 23.9 Å². The number of aromatic nitrogens is 1. The van der Waals surface area contributed by atoms with E-state index in [4.69, 9.17) is 9.84 Å². The van der Waals surface area contributed by atoms with Gasteiger partial charge in [0.25, 0.3) is 0 Å². The minimum Gasteiger partial charge on any atom is -0.465 e. The van der Waals surface area contributed by atoms with Crippen LogP contribution in [0.15, 0.2) is 18.3 Å². The van der Waals surface area contributed by atoms with Gasteiger partial charge in [-0.25, -0.2) is 9.78 Å². The number of rotatable bonds is 7. The molecule has 1 atom stereocenters. The van der Waals surface area contributed by atoms with Crippen LogP contribution < -0.4 is 10.6 Å². The Bertz CT molecular complexity index is 552. The molecule has 0 saturated carbocycles. The Morgan fingerprint density at radius 2 is 2.13 bits per heavy atom. The zero-order valence-electron chi connectivity index (χ0n) is 12.2. The minimum absolute atomic E-state index is 0.00822. The van der Waals surface area contributed by atoms with Crippen LogP contribution in [0.25, 0.3) is 0 Å². The second-order valence-corrected chi connectivity index (χ2v) is 4.60. The number of carbonyl (C=O) groups excluding carboxylic acids is 1. The number of alkyl halides is 3. The van der Waals surface area contributed by atoms with Gasteiger partial charge in [0, 0.05) is 19.7 Å². The molecule has 1 aromatic rings. The first-order valence-electron chi connectivity index (χ1n) is 6.52. The average Bonchev–Trinajstić information content (AvgIpc) is 2.43. The van der Waals surface area contributed by atoms with Gasteiger partial charge in [-0.15, -0.1) is 0 Å². The maximum Gasteiger partial charge on any atom is 0.410 e. The molecule has 1 aromatic heterocycles. The summed E-state index contributed by atoms with van der Waals surface area (Å²) in [4.78, 5) is 26.0. The first-order chi connectivity index (χ1) is 10.7. The lowest BCUT2D eigenvalue weighted by Gasteiger charge is -2.19. The van der Waals surface area contributed by atoms with Crippen molar-refractivity contribution in [1.29, 1.82) is 0 Å². The van der Waals surface area contributed by atoms with Crippen LogP contribution in [0, 0.1) is 0 Å². The molecule has 0 saturated heterocycles. The fourth-order valence-corrected chi connectivity index (χ4v) is 1.75. The summed E-state index contributed by atoms with van der Waals surface area (Å²) in [6.07, 6.45) is -6.34. The smallest absolute Gasteiger partial charge is 0.410 e. The van der Waals surface area contributed by atoms with Crippen molar-refractivity contribution in [2.24, 2.45) is 0 Å². The number of pyridine rings is 1. The van der Waals surface area contributed by atoms with E-state index in [1.54, 1.807) is 0 Å². The molecule has 1 heterocycles. The summed E-state index contributed by atoms with van der Waals surface area (Å²) in [7, 11) is 1.37. The molecule has 7 nitrogen and oxygen atoms in total. The van der Waals surface area contributed by atoms with Crippen LogP contribution in [0.1, 0.15) is 24.4 Å². The number of halogens is 3. The van der Waals surface area contributed by atoms with Crippen LogP contribution in [-0.2, 0) is 9.53 Å². The van der Waals surface area contributed by atoms with Crippen molar-refractivity contribution >= 4 is 17.8 Å². The number of hydrogen-bond donors (Lipinski definition) is 3. The summed E-state index contributed by atoms with van der Waals surface area (Å²) in [5.74, 6) is -0.755. The predicted molar refractivity (Wildman–Crippen MR) is 73.9 cm³/mol. The molecule has 2 amide bonds. The number of hydrogen-bond acceptors (Lipinski definition) is 4. The van der Waals surface area contributed by atoms with Crippen LogP contribution in [0.2, 0.25) is 0 Å². The number of amides is 2. The van der Waals surface area contributed by atoms with Crippen molar-refractivity contribution in [2.75, 3.05) is 19.0 Å². The Morgan fingerprint density at radius 1 is 1.43 bits per heavy atom. The topological polar surface area (TPSA) is 101 Å². The average molecular weight is 335 g/mol. The molecule has 0 fully saturated rings. The summed E-state index contributed by atoms with van der Waals surface area (Å²) in [6, 6.07) is 2.14. The van der Waals surface area contributed by atoms with E-state index >= 15 is 0 Å². The lowest BCUT2D eigenvalue weighted by atomic mass is 10.1. The van der Waals surface area contributed by atoms with Crippen LogP contribution in [0.4, 0.5) is 23.8 Å². The second kappa shape index (κ2) is 8.32. The van der Waals surface area contributed by atoms with Gasteiger partial charge >= 0.3 is 12.3 Å². The molecular weight excluding hydrogens is 319 g/mol. The zero-order chi connectivity index (χ0) is 17.5. The highest BCUT2D eigenvalue weighted by molar-refractivity contribution is 5.81. The molecule has 10 heteroatoms. The Kier molecular flexibility index (Phi) is 6.76. The highest BCUT2D eigenvalue weighted by atomic mass is 19.4. The van der Waals surface area contributed by atoms with Gasteiger partial charge in [0.2, 0.25) is 5.91 Å². The Hall–Kier alpha value is -2.36. The van der Waals surface area contributed by atoms with Gasteiger partial charge in [-0.1, -0.05) is 0 Å². The van der Waals surface area contributed by atoms with Crippen molar-refractivity contribution in [2.45, 2.75) is 25.1 Å². The number of carboxylic acid groups (broad SMARTS) is 1. The summed E-state index contributed by atoms with van der Waals surface area (Å²) < 4.78 is 41.3. The molecule has 0 aromatic carbocycles. The molecule has 0 unspecified atom stereocenters. The van der Waals surface area contributed by atoms with Crippen molar-refractivity contribution in [1.82, 2.24) is 10.3 Å². The minimum atomic E-state index is -4.41. The first kappa shape index (κ1) is 18.7. The van der Waals surface area contributed by atoms with E-state index in [-0.39, 0.29) is 12.4 Å². The first-order valence-corrected chi connectivity index (χ1v) is 6.52. The third-order valence-corrected chi connectivity index (χ3v) is 2.73. The van der Waals surface area contributed by atoms with E-state index in [1.165, 1.54) is 25.4 Å². The number of nitrogens with one attached hydrogen (secondary N) is 2. The third-order valence-electron chi connectivity index (χ3n) is 2.73. The second-order valence-electron chi connectivity index (χ2n) is 4.60. The molecule has 128 valence electrons.